The summed E-state index contributed by atoms with van der Waals surface area (Å²) in [6.45, 7) is 0.774. The van der Waals surface area contributed by atoms with Crippen LogP contribution in [0.3, 0.4) is 0 Å². The van der Waals surface area contributed by atoms with Crippen molar-refractivity contribution in [2.24, 2.45) is 5.14 Å². The van der Waals surface area contributed by atoms with Crippen LogP contribution in [0.4, 0.5) is 0 Å². The highest BCUT2D eigenvalue weighted by Gasteiger charge is 2.29. The number of pyridine rings is 2. The van der Waals surface area contributed by atoms with E-state index in [2.05, 4.69) is 9.97 Å². The standard InChI is InChI=1S/C20H20N4O3S/c21-28(26,27)16-8-12-24(13-9-16)20(25)15-5-3-14(4-6-15)19-17-2-1-10-22-18(17)7-11-23-19/h1-7,10-11,16H,8-9,12-13H2,(H2,21,26,27). The number of nitrogens with two attached hydrogens (primary N) is 1. The van der Waals surface area contributed by atoms with Gasteiger partial charge in [-0.2, -0.15) is 0 Å². The van der Waals surface area contributed by atoms with Crippen molar-refractivity contribution >= 4 is 26.8 Å². The molecule has 1 aliphatic rings. The van der Waals surface area contributed by atoms with Crippen molar-refractivity contribution in [2.45, 2.75) is 18.1 Å². The van der Waals surface area contributed by atoms with Crippen LogP contribution in [-0.4, -0.2) is 47.5 Å². The molecule has 3 aromatic rings. The molecule has 7 nitrogen and oxygen atoms in total. The average molecular weight is 396 g/mol. The number of aromatic nitrogens is 2. The Labute approximate surface area is 163 Å². The van der Waals surface area contributed by atoms with Gasteiger partial charge in [-0.15, -0.1) is 0 Å². The third-order valence-electron chi connectivity index (χ3n) is 5.13. The summed E-state index contributed by atoms with van der Waals surface area (Å²) < 4.78 is 22.9. The van der Waals surface area contributed by atoms with Crippen molar-refractivity contribution in [1.29, 1.82) is 0 Å². The number of nitrogens with zero attached hydrogens (tertiary/aromatic N) is 3. The SMILES string of the molecule is NS(=O)(=O)C1CCN(C(=O)c2ccc(-c3nccc4ncccc34)cc2)CC1. The van der Waals surface area contributed by atoms with Crippen LogP contribution in [0.2, 0.25) is 0 Å². The normalized spacial score (nSPS) is 15.7. The lowest BCUT2D eigenvalue weighted by Gasteiger charge is -2.31. The number of hydrogen-bond donors (Lipinski definition) is 1. The molecule has 1 amide bonds. The van der Waals surface area contributed by atoms with Crippen molar-refractivity contribution in [3.05, 3.63) is 60.4 Å². The Morgan fingerprint density at radius 1 is 1.00 bits per heavy atom. The fourth-order valence-corrected chi connectivity index (χ4v) is 4.44. The van der Waals surface area contributed by atoms with Gasteiger partial charge in [0.2, 0.25) is 10.0 Å². The van der Waals surface area contributed by atoms with Gasteiger partial charge in [0.05, 0.1) is 16.5 Å². The maximum absolute atomic E-state index is 12.7. The van der Waals surface area contributed by atoms with Crippen LogP contribution in [0.1, 0.15) is 23.2 Å². The summed E-state index contributed by atoms with van der Waals surface area (Å²) in [6.07, 6.45) is 4.21. The number of carbonyl (C=O) groups excluding carboxylic acids is 1. The zero-order valence-corrected chi connectivity index (χ0v) is 16.0. The highest BCUT2D eigenvalue weighted by atomic mass is 32.2. The van der Waals surface area contributed by atoms with Crippen molar-refractivity contribution in [2.75, 3.05) is 13.1 Å². The molecule has 2 aromatic heterocycles. The molecule has 0 aliphatic carbocycles. The zero-order valence-electron chi connectivity index (χ0n) is 15.2. The van der Waals surface area contributed by atoms with Crippen molar-refractivity contribution in [3.63, 3.8) is 0 Å². The van der Waals surface area contributed by atoms with Gasteiger partial charge in [-0.3, -0.25) is 14.8 Å². The smallest absolute Gasteiger partial charge is 0.253 e. The first-order valence-corrected chi connectivity index (χ1v) is 10.7. The molecule has 1 aliphatic heterocycles. The molecule has 1 aromatic carbocycles. The number of benzene rings is 1. The lowest BCUT2D eigenvalue weighted by Crippen LogP contribution is -2.44. The number of hydrogen-bond acceptors (Lipinski definition) is 5. The molecule has 0 radical (unpaired) electrons. The summed E-state index contributed by atoms with van der Waals surface area (Å²) in [6, 6.07) is 13.0. The number of sulfonamides is 1. The molecule has 3 heterocycles. The first-order chi connectivity index (χ1) is 13.4. The number of piperidine rings is 1. The topological polar surface area (TPSA) is 106 Å². The minimum absolute atomic E-state index is 0.105. The highest BCUT2D eigenvalue weighted by Crippen LogP contribution is 2.26. The first-order valence-electron chi connectivity index (χ1n) is 9.04. The molecule has 1 fully saturated rings. The minimum Gasteiger partial charge on any atom is -0.339 e. The Morgan fingerprint density at radius 3 is 2.39 bits per heavy atom. The maximum atomic E-state index is 12.7. The number of amides is 1. The molecular weight excluding hydrogens is 376 g/mol. The third kappa shape index (κ3) is 3.61. The predicted octanol–water partition coefficient (Wildman–Crippen LogP) is 2.19. The largest absolute Gasteiger partial charge is 0.339 e. The van der Waals surface area contributed by atoms with Crippen LogP contribution in [0, 0.1) is 0 Å². The molecule has 8 heteroatoms. The van der Waals surface area contributed by atoms with Crippen molar-refractivity contribution in [1.82, 2.24) is 14.9 Å². The molecule has 28 heavy (non-hydrogen) atoms. The second-order valence-corrected chi connectivity index (χ2v) is 8.73. The lowest BCUT2D eigenvalue weighted by molar-refractivity contribution is 0.0725. The number of carbonyl (C=O) groups is 1. The van der Waals surface area contributed by atoms with E-state index in [1.54, 1.807) is 29.4 Å². The van der Waals surface area contributed by atoms with Crippen LogP contribution in [-0.2, 0) is 10.0 Å². The molecule has 0 spiro atoms. The summed E-state index contributed by atoms with van der Waals surface area (Å²) in [5.41, 5.74) is 3.16. The van der Waals surface area contributed by atoms with Crippen LogP contribution >= 0.6 is 0 Å². The van der Waals surface area contributed by atoms with E-state index in [9.17, 15) is 13.2 Å². The number of primary sulfonamides is 1. The Morgan fingerprint density at radius 2 is 1.71 bits per heavy atom. The Bertz CT molecular complexity index is 1120. The van der Waals surface area contributed by atoms with Gasteiger partial charge in [-0.25, -0.2) is 13.6 Å². The van der Waals surface area contributed by atoms with Crippen LogP contribution in [0.15, 0.2) is 54.9 Å². The molecule has 144 valence electrons. The second kappa shape index (κ2) is 7.29. The fourth-order valence-electron chi connectivity index (χ4n) is 3.57. The zero-order chi connectivity index (χ0) is 19.7. The van der Waals surface area contributed by atoms with E-state index in [1.165, 1.54) is 0 Å². The molecule has 1 saturated heterocycles. The number of likely N-dealkylation sites (tertiary alicyclic amines) is 1. The van der Waals surface area contributed by atoms with Gasteiger partial charge in [0.25, 0.3) is 5.91 Å². The van der Waals surface area contributed by atoms with Crippen LogP contribution < -0.4 is 5.14 Å². The molecule has 0 bridgehead atoms. The maximum Gasteiger partial charge on any atom is 0.253 e. The summed E-state index contributed by atoms with van der Waals surface area (Å²) in [5.74, 6) is -0.105. The van der Waals surface area contributed by atoms with Crippen molar-refractivity contribution in [3.8, 4) is 11.3 Å². The summed E-state index contributed by atoms with van der Waals surface area (Å²) in [7, 11) is -3.54. The van der Waals surface area contributed by atoms with Gasteiger partial charge in [0.15, 0.2) is 0 Å². The summed E-state index contributed by atoms with van der Waals surface area (Å²) in [4.78, 5) is 23.2. The van der Waals surface area contributed by atoms with E-state index in [0.29, 0.717) is 31.5 Å². The average Bonchev–Trinajstić information content (AvgIpc) is 2.72. The van der Waals surface area contributed by atoms with E-state index in [0.717, 1.165) is 22.2 Å². The van der Waals surface area contributed by atoms with Crippen LogP contribution in [0.25, 0.3) is 22.2 Å². The monoisotopic (exact) mass is 396 g/mol. The van der Waals surface area contributed by atoms with Crippen molar-refractivity contribution < 1.29 is 13.2 Å². The quantitative estimate of drug-likeness (QED) is 0.730. The van der Waals surface area contributed by atoms with E-state index in [4.69, 9.17) is 5.14 Å². The molecule has 0 atom stereocenters. The predicted molar refractivity (Wildman–Crippen MR) is 107 cm³/mol. The first kappa shape index (κ1) is 18.5. The molecule has 0 unspecified atom stereocenters. The van der Waals surface area contributed by atoms with E-state index >= 15 is 0 Å². The number of rotatable bonds is 3. The Balaban J connectivity index is 1.53. The fraction of sp³-hybridized carbons (Fsp3) is 0.250. The molecular formula is C20H20N4O3S. The Hall–Kier alpha value is -2.84. The Kier molecular flexibility index (Phi) is 4.82. The second-order valence-electron chi connectivity index (χ2n) is 6.89. The minimum atomic E-state index is -3.54. The van der Waals surface area contributed by atoms with Crippen LogP contribution in [0.5, 0.6) is 0 Å². The van der Waals surface area contributed by atoms with E-state index in [-0.39, 0.29) is 5.91 Å². The van der Waals surface area contributed by atoms with Gasteiger partial charge in [0.1, 0.15) is 0 Å². The van der Waals surface area contributed by atoms with Gasteiger partial charge in [-0.1, -0.05) is 12.1 Å². The van der Waals surface area contributed by atoms with Gasteiger partial charge >= 0.3 is 0 Å². The van der Waals surface area contributed by atoms with Gasteiger partial charge < -0.3 is 4.90 Å². The van der Waals surface area contributed by atoms with E-state index in [1.807, 2.05) is 30.3 Å². The van der Waals surface area contributed by atoms with Gasteiger partial charge in [-0.05, 0) is 43.2 Å². The third-order valence-corrected chi connectivity index (χ3v) is 6.53. The summed E-state index contributed by atoms with van der Waals surface area (Å²) >= 11 is 0. The lowest BCUT2D eigenvalue weighted by atomic mass is 10.0. The van der Waals surface area contributed by atoms with E-state index < -0.39 is 15.3 Å². The number of fused-ring (bicyclic) bond motifs is 1. The molecule has 2 N–H and O–H groups in total. The van der Waals surface area contributed by atoms with Gasteiger partial charge in [0, 0.05) is 42.0 Å². The molecule has 0 saturated carbocycles. The highest BCUT2D eigenvalue weighted by molar-refractivity contribution is 7.89. The summed E-state index contributed by atoms with van der Waals surface area (Å²) in [5, 5.41) is 5.60. The molecule has 4 rings (SSSR count).